The molecule has 8 heteroatoms. The van der Waals surface area contributed by atoms with E-state index >= 15 is 0 Å². The van der Waals surface area contributed by atoms with E-state index in [1.165, 1.54) is 0 Å². The summed E-state index contributed by atoms with van der Waals surface area (Å²) in [5, 5.41) is 6.29. The van der Waals surface area contributed by atoms with Gasteiger partial charge in [0.1, 0.15) is 6.10 Å². The Balaban J connectivity index is 1.32. The van der Waals surface area contributed by atoms with E-state index in [1.807, 2.05) is 13.0 Å². The number of fused-ring (bicyclic) bond motifs is 1. The zero-order valence-corrected chi connectivity index (χ0v) is 18.9. The topological polar surface area (TPSA) is 84.5 Å². The second-order valence-electron chi connectivity index (χ2n) is 8.44. The molecule has 160 valence electrons. The van der Waals surface area contributed by atoms with Gasteiger partial charge in [-0.05, 0) is 55.2 Å². The molecule has 1 aliphatic heterocycles. The predicted octanol–water partition coefficient (Wildman–Crippen LogP) is 4.41. The highest BCUT2D eigenvalue weighted by Gasteiger charge is 2.67. The Hall–Kier alpha value is -2.38. The third-order valence-electron chi connectivity index (χ3n) is 6.67. The summed E-state index contributed by atoms with van der Waals surface area (Å²) in [7, 11) is 0. The van der Waals surface area contributed by atoms with Crippen LogP contribution < -0.4 is 10.6 Å². The molecule has 3 fully saturated rings. The fraction of sp³-hybridized carbons (Fsp3) is 0.348. The largest absolute Gasteiger partial charge is 0.461 e. The van der Waals surface area contributed by atoms with Gasteiger partial charge in [0, 0.05) is 27.9 Å². The Labute approximate surface area is 192 Å². The lowest BCUT2D eigenvalue weighted by Gasteiger charge is -2.27. The molecule has 0 radical (unpaired) electrons. The zero-order valence-electron chi connectivity index (χ0n) is 16.6. The van der Waals surface area contributed by atoms with Crippen molar-refractivity contribution in [1.82, 2.24) is 0 Å². The first-order valence-electron chi connectivity index (χ1n) is 10.2. The number of carbonyl (C=O) groups is 3. The summed E-state index contributed by atoms with van der Waals surface area (Å²) < 4.78 is 5.48. The highest BCUT2D eigenvalue weighted by molar-refractivity contribution is 9.09. The molecule has 6 atom stereocenters. The molecule has 2 aliphatic carbocycles. The van der Waals surface area contributed by atoms with Crippen LogP contribution in [0.15, 0.2) is 42.5 Å². The third-order valence-corrected chi connectivity index (χ3v) is 8.10. The highest BCUT2D eigenvalue weighted by Crippen LogP contribution is 2.60. The molecule has 0 aromatic heterocycles. The van der Waals surface area contributed by atoms with E-state index in [0.29, 0.717) is 22.0 Å². The molecule has 2 aromatic carbocycles. The van der Waals surface area contributed by atoms with Crippen LogP contribution in [-0.2, 0) is 14.3 Å². The molecule has 5 rings (SSSR count). The second kappa shape index (κ2) is 7.64. The number of anilines is 2. The van der Waals surface area contributed by atoms with Crippen molar-refractivity contribution >= 4 is 56.7 Å². The molecule has 1 saturated heterocycles. The smallest absolute Gasteiger partial charge is 0.310 e. The van der Waals surface area contributed by atoms with Crippen molar-refractivity contribution in [3.8, 4) is 0 Å². The van der Waals surface area contributed by atoms with Gasteiger partial charge in [-0.3, -0.25) is 14.4 Å². The number of amides is 2. The highest BCUT2D eigenvalue weighted by atomic mass is 79.9. The number of benzene rings is 2. The average molecular weight is 504 g/mol. The summed E-state index contributed by atoms with van der Waals surface area (Å²) in [6.07, 6.45) is 0.699. The van der Waals surface area contributed by atoms with Gasteiger partial charge in [0.05, 0.1) is 16.7 Å². The molecule has 1 heterocycles. The van der Waals surface area contributed by atoms with Crippen LogP contribution in [0.3, 0.4) is 0 Å². The quantitative estimate of drug-likeness (QED) is 0.478. The molecular formula is C23H20BrClN2O4. The van der Waals surface area contributed by atoms with Gasteiger partial charge in [0.2, 0.25) is 5.91 Å². The zero-order chi connectivity index (χ0) is 21.9. The monoisotopic (exact) mass is 502 g/mol. The van der Waals surface area contributed by atoms with Crippen molar-refractivity contribution < 1.29 is 19.1 Å². The Kier molecular flexibility index (Phi) is 5.06. The average Bonchev–Trinajstić information content (AvgIpc) is 3.35. The lowest BCUT2D eigenvalue weighted by Crippen LogP contribution is -2.40. The molecule has 2 amide bonds. The molecule has 0 unspecified atom stereocenters. The molecule has 6 nitrogen and oxygen atoms in total. The van der Waals surface area contributed by atoms with Crippen molar-refractivity contribution in [2.45, 2.75) is 24.3 Å². The molecular weight excluding hydrogens is 484 g/mol. The Morgan fingerprint density at radius 1 is 1.13 bits per heavy atom. The number of alkyl halides is 1. The fourth-order valence-electron chi connectivity index (χ4n) is 5.22. The number of halogens is 2. The number of hydrogen-bond acceptors (Lipinski definition) is 4. The molecule has 2 aromatic rings. The fourth-order valence-corrected chi connectivity index (χ4v) is 6.43. The molecule has 31 heavy (non-hydrogen) atoms. The molecule has 2 saturated carbocycles. The van der Waals surface area contributed by atoms with Crippen LogP contribution in [0, 0.1) is 30.6 Å². The van der Waals surface area contributed by atoms with E-state index in [2.05, 4.69) is 26.6 Å². The lowest BCUT2D eigenvalue weighted by atomic mass is 9.79. The van der Waals surface area contributed by atoms with Crippen molar-refractivity contribution in [3.05, 3.63) is 58.6 Å². The predicted molar refractivity (Wildman–Crippen MR) is 120 cm³/mol. The maximum absolute atomic E-state index is 13.1. The number of rotatable bonds is 4. The van der Waals surface area contributed by atoms with E-state index in [1.54, 1.807) is 36.4 Å². The minimum Gasteiger partial charge on any atom is -0.461 e. The van der Waals surface area contributed by atoms with Gasteiger partial charge >= 0.3 is 5.97 Å². The van der Waals surface area contributed by atoms with Crippen LogP contribution >= 0.6 is 27.5 Å². The standard InChI is InChI=1S/C23H20BrClN2O4/c1-10-5-6-12(25)8-16(10)27-21(28)11-3-2-4-13(7-11)26-22(29)17-14-9-15-18(17)23(30)31-20(15)19(14)24/h2-8,14-15,17-20H,9H2,1H3,(H,26,29)(H,27,28)/t14-,15-,17-,18-,19-,20+/m1/s1. The van der Waals surface area contributed by atoms with Crippen LogP contribution in [-0.4, -0.2) is 28.7 Å². The summed E-state index contributed by atoms with van der Waals surface area (Å²) in [4.78, 5) is 38.1. The first kappa shape index (κ1) is 20.5. The minimum absolute atomic E-state index is 0.00833. The van der Waals surface area contributed by atoms with Gasteiger partial charge in [0.25, 0.3) is 5.91 Å². The van der Waals surface area contributed by atoms with E-state index < -0.39 is 5.92 Å². The van der Waals surface area contributed by atoms with E-state index in [9.17, 15) is 14.4 Å². The van der Waals surface area contributed by atoms with Crippen LogP contribution in [0.1, 0.15) is 22.3 Å². The summed E-state index contributed by atoms with van der Waals surface area (Å²) in [5.41, 5.74) is 2.44. The summed E-state index contributed by atoms with van der Waals surface area (Å²) in [6.45, 7) is 1.88. The van der Waals surface area contributed by atoms with E-state index in [-0.39, 0.29) is 46.5 Å². The van der Waals surface area contributed by atoms with Crippen molar-refractivity contribution in [1.29, 1.82) is 0 Å². The molecule has 2 bridgehead atoms. The molecule has 3 aliphatic rings. The normalized spacial score (nSPS) is 30.2. The maximum atomic E-state index is 13.1. The minimum atomic E-state index is -0.424. The number of carbonyl (C=O) groups excluding carboxylic acids is 3. The Morgan fingerprint density at radius 3 is 2.74 bits per heavy atom. The first-order chi connectivity index (χ1) is 14.8. The SMILES string of the molecule is Cc1ccc(Cl)cc1NC(=O)c1cccc(NC(=O)[C@@H]2[C@H]3C[C@H]4[C@H](OC(=O)[C@H]42)[C@@H]3Br)c1. The number of ether oxygens (including phenoxy) is 1. The van der Waals surface area contributed by atoms with Crippen molar-refractivity contribution in [2.75, 3.05) is 10.6 Å². The first-order valence-corrected chi connectivity index (χ1v) is 11.5. The Bertz CT molecular complexity index is 1110. The van der Waals surface area contributed by atoms with Crippen LogP contribution in [0.2, 0.25) is 5.02 Å². The van der Waals surface area contributed by atoms with Gasteiger partial charge in [-0.25, -0.2) is 0 Å². The maximum Gasteiger partial charge on any atom is 0.310 e. The van der Waals surface area contributed by atoms with Crippen LogP contribution in [0.4, 0.5) is 11.4 Å². The lowest BCUT2D eigenvalue weighted by molar-refractivity contribution is -0.145. The Morgan fingerprint density at radius 2 is 1.94 bits per heavy atom. The van der Waals surface area contributed by atoms with Crippen LogP contribution in [0.5, 0.6) is 0 Å². The van der Waals surface area contributed by atoms with E-state index in [4.69, 9.17) is 16.3 Å². The van der Waals surface area contributed by atoms with Gasteiger partial charge in [0.15, 0.2) is 0 Å². The summed E-state index contributed by atoms with van der Waals surface area (Å²) in [5.74, 6) is -1.40. The molecule has 2 N–H and O–H groups in total. The number of aryl methyl sites for hydroxylation is 1. The van der Waals surface area contributed by atoms with E-state index in [0.717, 1.165) is 12.0 Å². The summed E-state index contributed by atoms with van der Waals surface area (Å²) >= 11 is 9.65. The van der Waals surface area contributed by atoms with Gasteiger partial charge in [-0.2, -0.15) is 0 Å². The van der Waals surface area contributed by atoms with Gasteiger partial charge in [-0.15, -0.1) is 0 Å². The van der Waals surface area contributed by atoms with Gasteiger partial charge in [-0.1, -0.05) is 39.7 Å². The third kappa shape index (κ3) is 3.44. The number of hydrogen-bond donors (Lipinski definition) is 2. The van der Waals surface area contributed by atoms with Crippen molar-refractivity contribution in [2.24, 2.45) is 23.7 Å². The van der Waals surface area contributed by atoms with Gasteiger partial charge < -0.3 is 15.4 Å². The van der Waals surface area contributed by atoms with Crippen molar-refractivity contribution in [3.63, 3.8) is 0 Å². The number of nitrogens with one attached hydrogen (secondary N) is 2. The number of esters is 1. The summed E-state index contributed by atoms with van der Waals surface area (Å²) in [6, 6.07) is 12.0. The second-order valence-corrected chi connectivity index (χ2v) is 9.94. The molecule has 0 spiro atoms. The van der Waals surface area contributed by atoms with Crippen LogP contribution in [0.25, 0.3) is 0 Å².